The fourth-order valence-corrected chi connectivity index (χ4v) is 5.06. The highest BCUT2D eigenvalue weighted by Gasteiger charge is 2.48. The number of alkyl halides is 1. The Balaban J connectivity index is 0.000000457. The Morgan fingerprint density at radius 3 is 2.14 bits per heavy atom. The SMILES string of the molecule is CCC(Br)(CC)C(=O)NC(N)=O.CCC[C@H](N[C@@H](C)C(=O)N1[C@H](C(=O)O)C[C@@H]2CCCC[C@@H]21)C(=O)O. The molecule has 12 heteroatoms. The number of fused-ring (bicyclic) bond motifs is 1. The highest BCUT2D eigenvalue weighted by molar-refractivity contribution is 9.10. The van der Waals surface area contributed by atoms with Crippen LogP contribution in [0, 0.1) is 5.92 Å². The smallest absolute Gasteiger partial charge is 0.326 e. The van der Waals surface area contributed by atoms with E-state index in [-0.39, 0.29) is 23.8 Å². The molecule has 0 bridgehead atoms. The van der Waals surface area contributed by atoms with Crippen molar-refractivity contribution in [2.45, 2.75) is 114 Å². The topological polar surface area (TPSA) is 179 Å². The summed E-state index contributed by atoms with van der Waals surface area (Å²) >= 11 is 3.26. The lowest BCUT2D eigenvalue weighted by atomic mass is 9.84. The lowest BCUT2D eigenvalue weighted by Gasteiger charge is -2.35. The van der Waals surface area contributed by atoms with Crippen LogP contribution < -0.4 is 16.4 Å². The molecule has 1 aliphatic heterocycles. The quantitative estimate of drug-likeness (QED) is 0.246. The average Bonchev–Trinajstić information content (AvgIpc) is 3.22. The molecule has 1 heterocycles. The first-order valence-corrected chi connectivity index (χ1v) is 13.5. The third-order valence-electron chi connectivity index (χ3n) is 7.09. The van der Waals surface area contributed by atoms with Crippen molar-refractivity contribution in [1.29, 1.82) is 0 Å². The van der Waals surface area contributed by atoms with Crippen LogP contribution in [0.2, 0.25) is 0 Å². The van der Waals surface area contributed by atoms with Crippen molar-refractivity contribution in [3.63, 3.8) is 0 Å². The summed E-state index contributed by atoms with van der Waals surface area (Å²) in [5.41, 5.74) is 4.81. The van der Waals surface area contributed by atoms with Crippen molar-refractivity contribution in [2.24, 2.45) is 11.7 Å². The van der Waals surface area contributed by atoms with E-state index in [1.807, 2.05) is 26.1 Å². The number of nitrogens with two attached hydrogens (primary N) is 1. The molecule has 206 valence electrons. The number of urea groups is 1. The van der Waals surface area contributed by atoms with Crippen LogP contribution >= 0.6 is 15.9 Å². The number of carboxylic acid groups (broad SMARTS) is 2. The molecule has 11 nitrogen and oxygen atoms in total. The summed E-state index contributed by atoms with van der Waals surface area (Å²) in [4.78, 5) is 58.9. The van der Waals surface area contributed by atoms with E-state index >= 15 is 0 Å². The number of nitrogens with zero attached hydrogens (tertiary/aromatic N) is 1. The largest absolute Gasteiger partial charge is 0.480 e. The monoisotopic (exact) mass is 576 g/mol. The van der Waals surface area contributed by atoms with Crippen LogP contribution in [0.5, 0.6) is 0 Å². The molecule has 36 heavy (non-hydrogen) atoms. The first kappa shape index (κ1) is 31.8. The van der Waals surface area contributed by atoms with Crippen LogP contribution in [0.25, 0.3) is 0 Å². The van der Waals surface area contributed by atoms with Gasteiger partial charge in [0.25, 0.3) is 0 Å². The number of hydrogen-bond donors (Lipinski definition) is 5. The summed E-state index contributed by atoms with van der Waals surface area (Å²) in [5.74, 6) is -2.36. The number of likely N-dealkylation sites (tertiary alicyclic amines) is 1. The number of primary amides is 1. The minimum absolute atomic E-state index is 0.0222. The van der Waals surface area contributed by atoms with Crippen molar-refractivity contribution in [1.82, 2.24) is 15.5 Å². The third kappa shape index (κ3) is 8.43. The highest BCUT2D eigenvalue weighted by Crippen LogP contribution is 2.40. The molecule has 1 saturated carbocycles. The zero-order valence-electron chi connectivity index (χ0n) is 21.6. The van der Waals surface area contributed by atoms with E-state index in [9.17, 15) is 34.2 Å². The molecule has 2 rings (SSSR count). The zero-order valence-corrected chi connectivity index (χ0v) is 23.2. The summed E-state index contributed by atoms with van der Waals surface area (Å²) in [7, 11) is 0. The number of carbonyl (C=O) groups excluding carboxylic acids is 3. The van der Waals surface area contributed by atoms with E-state index in [1.54, 1.807) is 6.92 Å². The molecule has 2 aliphatic rings. The fraction of sp³-hybridized carbons (Fsp3) is 0.792. The maximum absolute atomic E-state index is 12.9. The lowest BCUT2D eigenvalue weighted by molar-refractivity contribution is -0.151. The van der Waals surface area contributed by atoms with Crippen molar-refractivity contribution in [2.75, 3.05) is 0 Å². The number of halogens is 1. The molecule has 0 aromatic carbocycles. The van der Waals surface area contributed by atoms with Gasteiger partial charge in [-0.15, -0.1) is 0 Å². The van der Waals surface area contributed by atoms with Crippen LogP contribution in [0.1, 0.15) is 85.5 Å². The number of carbonyl (C=O) groups is 5. The van der Waals surface area contributed by atoms with E-state index in [2.05, 4.69) is 21.2 Å². The molecular formula is C24H41BrN4O7. The molecular weight excluding hydrogens is 536 g/mol. The molecule has 2 fully saturated rings. The number of carboxylic acids is 2. The average molecular weight is 578 g/mol. The lowest BCUT2D eigenvalue weighted by Crippen LogP contribution is -2.55. The minimum atomic E-state index is -0.983. The number of hydrogen-bond acceptors (Lipinski definition) is 6. The van der Waals surface area contributed by atoms with Crippen LogP contribution in [-0.2, 0) is 19.2 Å². The van der Waals surface area contributed by atoms with E-state index in [0.29, 0.717) is 32.1 Å². The molecule has 0 spiro atoms. The van der Waals surface area contributed by atoms with Gasteiger partial charge < -0.3 is 20.8 Å². The Labute approximate surface area is 221 Å². The van der Waals surface area contributed by atoms with Gasteiger partial charge in [-0.2, -0.15) is 0 Å². The number of nitrogens with one attached hydrogen (secondary N) is 2. The Hall–Kier alpha value is -2.21. The van der Waals surface area contributed by atoms with E-state index in [0.717, 1.165) is 25.7 Å². The molecule has 0 aromatic heterocycles. The van der Waals surface area contributed by atoms with Gasteiger partial charge in [-0.1, -0.05) is 56.0 Å². The molecule has 0 aromatic rings. The predicted octanol–water partition coefficient (Wildman–Crippen LogP) is 2.60. The molecule has 0 unspecified atom stereocenters. The molecule has 0 radical (unpaired) electrons. The van der Waals surface area contributed by atoms with Gasteiger partial charge in [0, 0.05) is 6.04 Å². The minimum Gasteiger partial charge on any atom is -0.480 e. The summed E-state index contributed by atoms with van der Waals surface area (Å²) in [6.45, 7) is 7.23. The standard InChI is InChI=1S/C17H28N2O5.C7H13BrN2O2/c1-3-6-12(16(21)22)18-10(2)15(20)19-13-8-5-4-7-11(13)9-14(19)17(23)24;1-3-7(8,4-2)5(11)10-6(9)12/h10-14,18H,3-9H2,1-2H3,(H,21,22)(H,23,24);3-4H2,1-2H3,(H3,9,10,11,12)/t10-,11-,12-,13-,14-;/m0./s1. The Morgan fingerprint density at radius 1 is 1.08 bits per heavy atom. The van der Waals surface area contributed by atoms with Gasteiger partial charge in [0.15, 0.2) is 0 Å². The van der Waals surface area contributed by atoms with E-state index in [1.165, 1.54) is 4.90 Å². The van der Waals surface area contributed by atoms with E-state index < -0.39 is 40.4 Å². The van der Waals surface area contributed by atoms with Crippen molar-refractivity contribution < 1.29 is 34.2 Å². The Kier molecular flexibility index (Phi) is 12.8. The first-order chi connectivity index (χ1) is 16.8. The summed E-state index contributed by atoms with van der Waals surface area (Å²) < 4.78 is -0.665. The van der Waals surface area contributed by atoms with Crippen molar-refractivity contribution in [3.8, 4) is 0 Å². The normalized spacial score (nSPS) is 22.9. The maximum Gasteiger partial charge on any atom is 0.326 e. The Bertz CT molecular complexity index is 805. The molecule has 1 aliphatic carbocycles. The number of rotatable bonds is 10. The van der Waals surface area contributed by atoms with Gasteiger partial charge in [-0.25, -0.2) is 9.59 Å². The van der Waals surface area contributed by atoms with Crippen molar-refractivity contribution in [3.05, 3.63) is 0 Å². The highest BCUT2D eigenvalue weighted by atomic mass is 79.9. The molecule has 1 saturated heterocycles. The second-order valence-corrected chi connectivity index (χ2v) is 11.0. The van der Waals surface area contributed by atoms with Gasteiger partial charge in [0.2, 0.25) is 11.8 Å². The molecule has 5 atom stereocenters. The van der Waals surface area contributed by atoms with Gasteiger partial charge in [0.05, 0.1) is 6.04 Å². The zero-order chi connectivity index (χ0) is 27.6. The second kappa shape index (κ2) is 14.5. The second-order valence-electron chi connectivity index (χ2n) is 9.51. The molecule has 6 N–H and O–H groups in total. The molecule has 4 amide bonds. The predicted molar refractivity (Wildman–Crippen MR) is 138 cm³/mol. The number of aliphatic carboxylic acids is 2. The van der Waals surface area contributed by atoms with Gasteiger partial charge >= 0.3 is 18.0 Å². The van der Waals surface area contributed by atoms with Crippen LogP contribution in [0.15, 0.2) is 0 Å². The Morgan fingerprint density at radius 2 is 1.67 bits per heavy atom. The van der Waals surface area contributed by atoms with Crippen LogP contribution in [0.4, 0.5) is 4.79 Å². The third-order valence-corrected chi connectivity index (χ3v) is 8.57. The summed E-state index contributed by atoms with van der Waals surface area (Å²) in [5, 5.41) is 23.7. The summed E-state index contributed by atoms with van der Waals surface area (Å²) in [6.07, 6.45) is 6.75. The fourth-order valence-electron chi connectivity index (χ4n) is 4.96. The number of imide groups is 1. The van der Waals surface area contributed by atoms with Crippen LogP contribution in [0.3, 0.4) is 0 Å². The van der Waals surface area contributed by atoms with Gasteiger partial charge in [-0.3, -0.25) is 25.0 Å². The summed E-state index contributed by atoms with van der Waals surface area (Å²) in [6, 6.07) is -3.12. The maximum atomic E-state index is 12.9. The van der Waals surface area contributed by atoms with Gasteiger partial charge in [0.1, 0.15) is 16.4 Å². The van der Waals surface area contributed by atoms with E-state index in [4.69, 9.17) is 5.73 Å². The van der Waals surface area contributed by atoms with Crippen LogP contribution in [-0.4, -0.2) is 73.4 Å². The number of amides is 4. The van der Waals surface area contributed by atoms with Crippen molar-refractivity contribution >= 4 is 45.7 Å². The first-order valence-electron chi connectivity index (χ1n) is 12.7. The van der Waals surface area contributed by atoms with Gasteiger partial charge in [-0.05, 0) is 51.4 Å².